The number of hydrogen-bond acceptors (Lipinski definition) is 12. The second-order valence-electron chi connectivity index (χ2n) is 13.9. The Morgan fingerprint density at radius 2 is 1.23 bits per heavy atom. The zero-order valence-electron chi connectivity index (χ0n) is 31.2. The number of thiocyanates is 1. The predicted molar refractivity (Wildman–Crippen MR) is 196 cm³/mol. The van der Waals surface area contributed by atoms with Crippen LogP contribution >= 0.6 is 0 Å². The van der Waals surface area contributed by atoms with Gasteiger partial charge in [0.05, 0.1) is 11.0 Å². The van der Waals surface area contributed by atoms with E-state index in [1.165, 1.54) is 17.5 Å². The summed E-state index contributed by atoms with van der Waals surface area (Å²) in [6.07, 6.45) is 2.27. The van der Waals surface area contributed by atoms with Gasteiger partial charge in [0, 0.05) is 25.9 Å². The van der Waals surface area contributed by atoms with E-state index in [0.29, 0.717) is 36.8 Å². The Kier molecular flexibility index (Phi) is 30.1. The molecule has 0 heterocycles. The molecule has 0 aliphatic heterocycles. The molecular formula is C39H53KN6O6S. The number of aliphatic hydroxyl groups is 1. The second kappa shape index (κ2) is 27.1. The Morgan fingerprint density at radius 1 is 0.830 bits per heavy atom. The van der Waals surface area contributed by atoms with Gasteiger partial charge in [-0.3, -0.25) is 9.59 Å². The van der Waals surface area contributed by atoms with Crippen LogP contribution in [0.5, 0.6) is 0 Å². The summed E-state index contributed by atoms with van der Waals surface area (Å²) in [4.78, 5) is 23.1. The zero-order chi connectivity index (χ0) is 39.5. The first-order valence-corrected chi connectivity index (χ1v) is 16.9. The molecule has 0 spiro atoms. The molecule has 2 aliphatic rings. The molecule has 0 radical (unpaired) electrons. The summed E-state index contributed by atoms with van der Waals surface area (Å²) in [6.45, 7) is 16.4. The van der Waals surface area contributed by atoms with Crippen molar-refractivity contribution in [3.05, 3.63) is 52.1 Å². The minimum absolute atomic E-state index is 0. The molecule has 1 atom stereocenters. The van der Waals surface area contributed by atoms with E-state index in [-0.39, 0.29) is 118 Å². The van der Waals surface area contributed by atoms with Crippen LogP contribution in [0.4, 0.5) is 0 Å². The van der Waals surface area contributed by atoms with Gasteiger partial charge in [-0.25, -0.2) is 8.42 Å². The molecule has 1 unspecified atom stereocenters. The third kappa shape index (κ3) is 24.4. The number of hydrogen-bond donors (Lipinski definition) is 1. The van der Waals surface area contributed by atoms with Crippen LogP contribution in [0.1, 0.15) is 108 Å². The SMILES string of the molecule is C.C.CC(C)(C)[O-].CC1(C)CC(=O)C(C#N)C(=C(C#N)C#N)C1.CC1(C)CC(=O)CC(=C(C#N)C#N)C1.CCO.Cc1ccc(S(=O)(=O)C#N)cc1.[K+]. The molecule has 0 bridgehead atoms. The first kappa shape index (κ1) is 58.8. The molecule has 2 aliphatic carbocycles. The molecule has 2 fully saturated rings. The number of rotatable bonds is 1. The Bertz CT molecular complexity index is 1760. The van der Waals surface area contributed by atoms with Crippen LogP contribution in [-0.4, -0.2) is 37.3 Å². The Labute approximate surface area is 360 Å². The molecule has 14 heteroatoms. The van der Waals surface area contributed by atoms with Crippen LogP contribution in [0, 0.1) is 91.0 Å². The second-order valence-corrected chi connectivity index (χ2v) is 15.6. The largest absolute Gasteiger partial charge is 1.00 e. The third-order valence-electron chi connectivity index (χ3n) is 6.47. The number of benzene rings is 1. The molecule has 0 aromatic heterocycles. The van der Waals surface area contributed by atoms with E-state index >= 15 is 0 Å². The average Bonchev–Trinajstić information content (AvgIpc) is 2.97. The summed E-state index contributed by atoms with van der Waals surface area (Å²) >= 11 is 0. The fourth-order valence-electron chi connectivity index (χ4n) is 4.67. The molecule has 53 heavy (non-hydrogen) atoms. The normalized spacial score (nSPS) is 16.0. The van der Waals surface area contributed by atoms with E-state index < -0.39 is 21.4 Å². The van der Waals surface area contributed by atoms with Crippen molar-refractivity contribution in [1.29, 1.82) is 31.6 Å². The minimum Gasteiger partial charge on any atom is -0.850 e. The molecule has 0 amide bonds. The molecule has 12 nitrogen and oxygen atoms in total. The van der Waals surface area contributed by atoms with Crippen molar-refractivity contribution in [3.63, 3.8) is 0 Å². The Balaban J connectivity index is -0.000000193. The van der Waals surface area contributed by atoms with E-state index in [1.807, 2.05) is 52.8 Å². The smallest absolute Gasteiger partial charge is 0.850 e. The summed E-state index contributed by atoms with van der Waals surface area (Å²) in [5.74, 6) is -0.988. The van der Waals surface area contributed by atoms with Crippen LogP contribution in [0.2, 0.25) is 0 Å². The van der Waals surface area contributed by atoms with Gasteiger partial charge < -0.3 is 10.2 Å². The zero-order valence-corrected chi connectivity index (χ0v) is 35.1. The maximum absolute atomic E-state index is 11.7. The summed E-state index contributed by atoms with van der Waals surface area (Å²) in [5.41, 5.74) is 0.943. The number of nitrogens with zero attached hydrogens (tertiary/aromatic N) is 6. The van der Waals surface area contributed by atoms with Gasteiger partial charge in [-0.05, 0) is 60.8 Å². The van der Waals surface area contributed by atoms with Crippen LogP contribution in [0.3, 0.4) is 0 Å². The fraction of sp³-hybridized carbons (Fsp3) is 0.538. The predicted octanol–water partition coefficient (Wildman–Crippen LogP) is 3.64. The molecule has 1 aromatic rings. The summed E-state index contributed by atoms with van der Waals surface area (Å²) in [5, 5.41) is 71.1. The number of carbonyl (C=O) groups excluding carboxylic acids is 2. The third-order valence-corrected chi connectivity index (χ3v) is 7.61. The van der Waals surface area contributed by atoms with E-state index in [2.05, 4.69) is 0 Å². The molecule has 282 valence electrons. The van der Waals surface area contributed by atoms with Crippen LogP contribution in [-0.2, 0) is 19.4 Å². The first-order valence-electron chi connectivity index (χ1n) is 15.4. The van der Waals surface area contributed by atoms with Crippen LogP contribution in [0.15, 0.2) is 51.5 Å². The van der Waals surface area contributed by atoms with Gasteiger partial charge >= 0.3 is 51.4 Å². The molecule has 3 rings (SSSR count). The number of Topliss-reactive ketones (excluding diaryl/α,β-unsaturated/α-hetero) is 2. The number of allylic oxidation sites excluding steroid dienone is 4. The van der Waals surface area contributed by atoms with Gasteiger partial charge in [0.2, 0.25) is 0 Å². The molecule has 1 N–H and O–H groups in total. The monoisotopic (exact) mass is 772 g/mol. The first-order chi connectivity index (χ1) is 22.9. The van der Waals surface area contributed by atoms with E-state index in [4.69, 9.17) is 36.7 Å². The van der Waals surface area contributed by atoms with Gasteiger partial charge in [0.15, 0.2) is 11.2 Å². The molecule has 2 saturated carbocycles. The van der Waals surface area contributed by atoms with Gasteiger partial charge in [0.25, 0.3) is 9.84 Å². The van der Waals surface area contributed by atoms with Gasteiger partial charge in [-0.1, -0.05) is 81.0 Å². The summed E-state index contributed by atoms with van der Waals surface area (Å²) < 4.78 is 21.9. The van der Waals surface area contributed by atoms with E-state index in [0.717, 1.165) is 5.56 Å². The van der Waals surface area contributed by atoms with Crippen molar-refractivity contribution >= 4 is 21.4 Å². The quantitative estimate of drug-likeness (QED) is 0.186. The Hall–Kier alpha value is -3.51. The molecule has 1 aromatic carbocycles. The van der Waals surface area contributed by atoms with Gasteiger partial charge in [-0.2, -0.15) is 31.6 Å². The standard InChI is InChI=1S/C12H11N3O.C11H12N2O.C8H7NO2S.C4H9O.C2H6O.2CH4.K/c1-12(2)3-9(8(5-13)6-14)10(7-15)11(16)4-12;1-11(2)4-8(3-10(14)5-11)9(6-12)7-13;1-7-2-4-8(5-3-7)12(10,11)6-9;1-4(2,3)5;1-2-3;;;/h10H,3-4H2,1-2H3;3-5H2,1-2H3;2-5H,1H3;1-3H3;3H,2H2,1H3;2*1H4;/q;;;-1;;;;+1. The van der Waals surface area contributed by atoms with Crippen molar-refractivity contribution in [2.45, 2.75) is 120 Å². The summed E-state index contributed by atoms with van der Waals surface area (Å²) in [7, 11) is -3.71. The number of ketones is 2. The van der Waals surface area contributed by atoms with E-state index in [9.17, 15) is 23.1 Å². The number of sulfone groups is 1. The van der Waals surface area contributed by atoms with Crippen molar-refractivity contribution in [2.24, 2.45) is 16.7 Å². The maximum atomic E-state index is 11.7. The fourth-order valence-corrected chi connectivity index (χ4v) is 5.27. The van der Waals surface area contributed by atoms with Crippen LogP contribution in [0.25, 0.3) is 0 Å². The van der Waals surface area contributed by atoms with Gasteiger partial charge in [-0.15, -0.1) is 5.60 Å². The average molecular weight is 773 g/mol. The number of nitriles is 6. The van der Waals surface area contributed by atoms with Gasteiger partial charge in [0.1, 0.15) is 47.1 Å². The maximum Gasteiger partial charge on any atom is 1.00 e. The molecule has 0 saturated heterocycles. The topological polar surface area (TPSA) is 254 Å². The summed E-state index contributed by atoms with van der Waals surface area (Å²) in [6, 6.07) is 15.3. The Morgan fingerprint density at radius 3 is 1.57 bits per heavy atom. The van der Waals surface area contributed by atoms with Crippen LogP contribution < -0.4 is 56.5 Å². The van der Waals surface area contributed by atoms with Crippen molar-refractivity contribution in [3.8, 4) is 35.7 Å². The van der Waals surface area contributed by atoms with Crippen molar-refractivity contribution in [1.82, 2.24) is 0 Å². The minimum atomic E-state index is -3.71. The molecular weight excluding hydrogens is 720 g/mol. The number of carbonyl (C=O) groups is 2. The number of aliphatic hydroxyl groups excluding tert-OH is 1. The van der Waals surface area contributed by atoms with Crippen molar-refractivity contribution < 1.29 is 79.6 Å². The van der Waals surface area contributed by atoms with E-state index in [1.54, 1.807) is 52.0 Å². The van der Waals surface area contributed by atoms with Crippen molar-refractivity contribution in [2.75, 3.05) is 6.61 Å². The number of aryl methyl sites for hydroxylation is 1.